The number of amides is 2. The van der Waals surface area contributed by atoms with Gasteiger partial charge in [-0.15, -0.1) is 0 Å². The van der Waals surface area contributed by atoms with Crippen molar-refractivity contribution in [2.75, 3.05) is 11.4 Å². The van der Waals surface area contributed by atoms with E-state index in [4.69, 9.17) is 11.6 Å². The molecule has 2 aliphatic rings. The number of anilines is 1. The smallest absolute Gasteiger partial charge is 0.249 e. The van der Waals surface area contributed by atoms with E-state index in [9.17, 15) is 9.59 Å². The number of aromatic nitrogens is 2. The third-order valence-corrected chi connectivity index (χ3v) is 4.08. The molecule has 0 radical (unpaired) electrons. The summed E-state index contributed by atoms with van der Waals surface area (Å²) in [4.78, 5) is 33.9. The van der Waals surface area contributed by atoms with Crippen LogP contribution >= 0.6 is 11.6 Å². The van der Waals surface area contributed by atoms with Gasteiger partial charge in [0.25, 0.3) is 0 Å². The largest absolute Gasteiger partial charge is 0.335 e. The van der Waals surface area contributed by atoms with Gasteiger partial charge in [-0.1, -0.05) is 11.6 Å². The molecule has 106 valence electrons. The van der Waals surface area contributed by atoms with E-state index in [0.717, 1.165) is 12.8 Å². The van der Waals surface area contributed by atoms with Crippen molar-refractivity contribution in [1.82, 2.24) is 15.3 Å². The van der Waals surface area contributed by atoms with Crippen LogP contribution in [-0.4, -0.2) is 34.4 Å². The second-order valence-corrected chi connectivity index (χ2v) is 5.67. The third kappa shape index (κ3) is 2.24. The third-order valence-electron chi connectivity index (χ3n) is 3.72. The van der Waals surface area contributed by atoms with Gasteiger partial charge in [-0.3, -0.25) is 14.9 Å². The van der Waals surface area contributed by atoms with Gasteiger partial charge in [-0.05, 0) is 26.7 Å². The molecule has 1 aliphatic heterocycles. The lowest BCUT2D eigenvalue weighted by atomic mass is 10.1. The summed E-state index contributed by atoms with van der Waals surface area (Å²) in [5.74, 6) is 1.01. The Morgan fingerprint density at radius 3 is 2.65 bits per heavy atom. The summed E-state index contributed by atoms with van der Waals surface area (Å²) in [6.45, 7) is 3.65. The van der Waals surface area contributed by atoms with Crippen LogP contribution in [0.5, 0.6) is 0 Å². The van der Waals surface area contributed by atoms with Gasteiger partial charge in [0.05, 0.1) is 6.54 Å². The number of piperazine rings is 1. The first-order valence-electron chi connectivity index (χ1n) is 6.61. The molecule has 7 heteroatoms. The summed E-state index contributed by atoms with van der Waals surface area (Å²) in [6, 6.07) is -0.454. The van der Waals surface area contributed by atoms with Gasteiger partial charge < -0.3 is 4.90 Å². The van der Waals surface area contributed by atoms with Crippen molar-refractivity contribution < 1.29 is 9.59 Å². The molecule has 1 saturated heterocycles. The molecule has 1 aromatic heterocycles. The monoisotopic (exact) mass is 294 g/mol. The zero-order valence-corrected chi connectivity index (χ0v) is 12.1. The first-order valence-corrected chi connectivity index (χ1v) is 6.99. The summed E-state index contributed by atoms with van der Waals surface area (Å²) in [7, 11) is 0. The van der Waals surface area contributed by atoms with E-state index in [1.807, 2.05) is 0 Å². The lowest BCUT2D eigenvalue weighted by Gasteiger charge is -2.33. The van der Waals surface area contributed by atoms with E-state index < -0.39 is 6.04 Å². The minimum absolute atomic E-state index is 0.102. The SMILES string of the molecule is Cc1c(Cl)nc(C2CC2)nc1N1CC(=O)NC(=O)C1C. The number of rotatable bonds is 2. The predicted molar refractivity (Wildman–Crippen MR) is 73.7 cm³/mol. The summed E-state index contributed by atoms with van der Waals surface area (Å²) in [5.41, 5.74) is 0.699. The molecule has 3 rings (SSSR count). The summed E-state index contributed by atoms with van der Waals surface area (Å²) >= 11 is 6.17. The maximum absolute atomic E-state index is 11.8. The maximum atomic E-state index is 11.8. The summed E-state index contributed by atoms with van der Waals surface area (Å²) < 4.78 is 0. The number of hydrogen-bond donors (Lipinski definition) is 1. The molecule has 20 heavy (non-hydrogen) atoms. The van der Waals surface area contributed by atoms with Crippen LogP contribution in [0.25, 0.3) is 0 Å². The Labute approximate surface area is 121 Å². The molecular formula is C13H15ClN4O2. The van der Waals surface area contributed by atoms with Gasteiger partial charge in [0, 0.05) is 11.5 Å². The number of hydrogen-bond acceptors (Lipinski definition) is 5. The quantitative estimate of drug-likeness (QED) is 0.654. The molecule has 0 bridgehead atoms. The molecule has 1 saturated carbocycles. The van der Waals surface area contributed by atoms with Gasteiger partial charge in [0.2, 0.25) is 11.8 Å². The number of nitrogens with one attached hydrogen (secondary N) is 1. The molecule has 2 fully saturated rings. The Morgan fingerprint density at radius 1 is 1.30 bits per heavy atom. The zero-order chi connectivity index (χ0) is 14.4. The fourth-order valence-electron chi connectivity index (χ4n) is 2.27. The summed E-state index contributed by atoms with van der Waals surface area (Å²) in [6.07, 6.45) is 2.13. The Kier molecular flexibility index (Phi) is 3.12. The van der Waals surface area contributed by atoms with E-state index in [0.29, 0.717) is 28.3 Å². The molecule has 0 aromatic carbocycles. The fraction of sp³-hybridized carbons (Fsp3) is 0.538. The van der Waals surface area contributed by atoms with Gasteiger partial charge in [0.15, 0.2) is 0 Å². The summed E-state index contributed by atoms with van der Waals surface area (Å²) in [5, 5.41) is 2.71. The van der Waals surface area contributed by atoms with Crippen LogP contribution in [0, 0.1) is 6.92 Å². The van der Waals surface area contributed by atoms with Gasteiger partial charge in [-0.2, -0.15) is 0 Å². The topological polar surface area (TPSA) is 75.2 Å². The molecule has 1 aromatic rings. The highest BCUT2D eigenvalue weighted by Crippen LogP contribution is 2.40. The minimum atomic E-state index is -0.454. The van der Waals surface area contributed by atoms with Gasteiger partial charge in [0.1, 0.15) is 22.8 Å². The van der Waals surface area contributed by atoms with E-state index >= 15 is 0 Å². The van der Waals surface area contributed by atoms with Crippen molar-refractivity contribution in [3.63, 3.8) is 0 Å². The van der Waals surface area contributed by atoms with Gasteiger partial charge >= 0.3 is 0 Å². The number of carbonyl (C=O) groups excluding carboxylic acids is 2. The van der Waals surface area contributed by atoms with Crippen molar-refractivity contribution >= 4 is 29.2 Å². The highest BCUT2D eigenvalue weighted by Gasteiger charge is 2.34. The average molecular weight is 295 g/mol. The van der Waals surface area contributed by atoms with Crippen LogP contribution < -0.4 is 10.2 Å². The Balaban J connectivity index is 2.03. The highest BCUT2D eigenvalue weighted by atomic mass is 35.5. The van der Waals surface area contributed by atoms with Crippen molar-refractivity contribution in [2.45, 2.75) is 38.6 Å². The van der Waals surface area contributed by atoms with Gasteiger partial charge in [-0.25, -0.2) is 9.97 Å². The average Bonchev–Trinajstić information content (AvgIpc) is 3.21. The first-order chi connectivity index (χ1) is 9.47. The molecule has 2 heterocycles. The Hall–Kier alpha value is -1.69. The van der Waals surface area contributed by atoms with Crippen molar-refractivity contribution in [3.05, 3.63) is 16.5 Å². The zero-order valence-electron chi connectivity index (χ0n) is 11.3. The molecular weight excluding hydrogens is 280 g/mol. The Bertz CT molecular complexity index is 600. The maximum Gasteiger partial charge on any atom is 0.249 e. The van der Waals surface area contributed by atoms with Crippen LogP contribution in [0.15, 0.2) is 0 Å². The predicted octanol–water partition coefficient (Wildman–Crippen LogP) is 1.17. The van der Waals surface area contributed by atoms with Crippen LogP contribution in [0.3, 0.4) is 0 Å². The molecule has 6 nitrogen and oxygen atoms in total. The normalized spacial score (nSPS) is 22.9. The molecule has 1 unspecified atom stereocenters. The van der Waals surface area contributed by atoms with Crippen LogP contribution in [0.4, 0.5) is 5.82 Å². The number of halogens is 1. The van der Waals surface area contributed by atoms with Crippen molar-refractivity contribution in [1.29, 1.82) is 0 Å². The van der Waals surface area contributed by atoms with Crippen LogP contribution in [0.2, 0.25) is 5.15 Å². The van der Waals surface area contributed by atoms with Crippen LogP contribution in [0.1, 0.15) is 37.1 Å². The highest BCUT2D eigenvalue weighted by molar-refractivity contribution is 6.30. The molecule has 2 amide bonds. The van der Waals surface area contributed by atoms with E-state index in [1.165, 1.54) is 0 Å². The Morgan fingerprint density at radius 2 is 2.00 bits per heavy atom. The molecule has 1 atom stereocenters. The van der Waals surface area contributed by atoms with E-state index in [1.54, 1.807) is 18.7 Å². The number of nitrogens with zero attached hydrogens (tertiary/aromatic N) is 3. The minimum Gasteiger partial charge on any atom is -0.335 e. The first kappa shape index (κ1) is 13.3. The molecule has 0 spiro atoms. The lowest BCUT2D eigenvalue weighted by molar-refractivity contribution is -0.132. The van der Waals surface area contributed by atoms with Crippen molar-refractivity contribution in [3.8, 4) is 0 Å². The number of imide groups is 1. The second-order valence-electron chi connectivity index (χ2n) is 5.31. The van der Waals surface area contributed by atoms with Crippen molar-refractivity contribution in [2.24, 2.45) is 0 Å². The van der Waals surface area contributed by atoms with E-state index in [-0.39, 0.29) is 18.4 Å². The van der Waals surface area contributed by atoms with E-state index in [2.05, 4.69) is 15.3 Å². The number of carbonyl (C=O) groups is 2. The molecule has 1 N–H and O–H groups in total. The standard InChI is InChI=1S/C13H15ClN4O2/c1-6-10(14)16-11(8-3-4-8)17-12(6)18-5-9(19)15-13(20)7(18)2/h7-8H,3-5H2,1-2H3,(H,15,19,20). The second kappa shape index (κ2) is 4.70. The van der Waals surface area contributed by atoms with Crippen LogP contribution in [-0.2, 0) is 9.59 Å². The lowest BCUT2D eigenvalue weighted by Crippen LogP contribution is -2.57. The molecule has 1 aliphatic carbocycles. The fourth-order valence-corrected chi connectivity index (χ4v) is 2.44.